The number of aromatic nitrogens is 4. The Labute approximate surface area is 181 Å². The maximum atomic E-state index is 12.9. The zero-order valence-corrected chi connectivity index (χ0v) is 18.2. The van der Waals surface area contributed by atoms with Gasteiger partial charge in [0.15, 0.2) is 5.82 Å². The second-order valence-corrected chi connectivity index (χ2v) is 8.48. The van der Waals surface area contributed by atoms with E-state index >= 15 is 0 Å². The molecule has 5 rings (SSSR count). The van der Waals surface area contributed by atoms with Crippen LogP contribution in [-0.4, -0.2) is 43.4 Å². The van der Waals surface area contributed by atoms with Crippen LogP contribution in [0.5, 0.6) is 0 Å². The largest absolute Gasteiger partial charge is 0.305 e. The SMILES string of the molecule is Cc1nn(-c2ccccc2)c(C)c1CN1CCc2nc(C3=NCCCC3)[nH]c(=O)c2C1. The minimum Gasteiger partial charge on any atom is -0.305 e. The number of fused-ring (bicyclic) bond motifs is 1. The Balaban J connectivity index is 1.38. The van der Waals surface area contributed by atoms with Gasteiger partial charge in [-0.05, 0) is 45.2 Å². The molecule has 2 aromatic heterocycles. The first kappa shape index (κ1) is 19.9. The number of nitrogens with one attached hydrogen (secondary N) is 1. The molecule has 2 aliphatic rings. The van der Waals surface area contributed by atoms with E-state index in [1.165, 1.54) is 5.56 Å². The van der Waals surface area contributed by atoms with Crippen LogP contribution >= 0.6 is 0 Å². The molecule has 3 aromatic rings. The van der Waals surface area contributed by atoms with E-state index in [0.29, 0.717) is 12.4 Å². The molecule has 0 fully saturated rings. The zero-order valence-electron chi connectivity index (χ0n) is 18.2. The van der Waals surface area contributed by atoms with Gasteiger partial charge in [-0.25, -0.2) is 9.67 Å². The summed E-state index contributed by atoms with van der Waals surface area (Å²) >= 11 is 0. The van der Waals surface area contributed by atoms with E-state index < -0.39 is 0 Å². The van der Waals surface area contributed by atoms with Gasteiger partial charge in [-0.1, -0.05) is 18.2 Å². The van der Waals surface area contributed by atoms with Gasteiger partial charge in [-0.15, -0.1) is 0 Å². The maximum Gasteiger partial charge on any atom is 0.255 e. The van der Waals surface area contributed by atoms with Gasteiger partial charge in [0.25, 0.3) is 5.56 Å². The van der Waals surface area contributed by atoms with Crippen molar-refractivity contribution in [3.63, 3.8) is 0 Å². The molecular formula is C24H28N6O. The Morgan fingerprint density at radius 3 is 2.71 bits per heavy atom. The quantitative estimate of drug-likeness (QED) is 0.709. The van der Waals surface area contributed by atoms with Crippen LogP contribution in [0.4, 0.5) is 0 Å². The second kappa shape index (κ2) is 8.23. The summed E-state index contributed by atoms with van der Waals surface area (Å²) in [6.45, 7) is 7.28. The minimum absolute atomic E-state index is 0.0219. The van der Waals surface area contributed by atoms with Crippen LogP contribution < -0.4 is 5.56 Å². The highest BCUT2D eigenvalue weighted by molar-refractivity contribution is 5.97. The monoisotopic (exact) mass is 416 g/mol. The minimum atomic E-state index is -0.0219. The fourth-order valence-corrected chi connectivity index (χ4v) is 4.59. The summed E-state index contributed by atoms with van der Waals surface area (Å²) in [5.41, 5.74) is 7.12. The van der Waals surface area contributed by atoms with Crippen LogP contribution in [-0.2, 0) is 19.5 Å². The second-order valence-electron chi connectivity index (χ2n) is 8.48. The van der Waals surface area contributed by atoms with Gasteiger partial charge < -0.3 is 4.98 Å². The van der Waals surface area contributed by atoms with Crippen LogP contribution in [0.1, 0.15) is 53.3 Å². The lowest BCUT2D eigenvalue weighted by Crippen LogP contribution is -2.36. The van der Waals surface area contributed by atoms with Crippen LogP contribution in [0.15, 0.2) is 40.1 Å². The molecule has 1 N–H and O–H groups in total. The number of para-hydroxylation sites is 1. The molecule has 0 aliphatic carbocycles. The molecule has 7 heteroatoms. The highest BCUT2D eigenvalue weighted by atomic mass is 16.1. The van der Waals surface area contributed by atoms with Gasteiger partial charge in [0.05, 0.1) is 28.4 Å². The highest BCUT2D eigenvalue weighted by Crippen LogP contribution is 2.23. The zero-order chi connectivity index (χ0) is 21.4. The van der Waals surface area contributed by atoms with E-state index in [0.717, 1.165) is 79.4 Å². The van der Waals surface area contributed by atoms with E-state index in [-0.39, 0.29) is 5.56 Å². The van der Waals surface area contributed by atoms with Crippen molar-refractivity contribution in [1.82, 2.24) is 24.6 Å². The standard InChI is InChI=1S/C24H28N6O/c1-16-19(17(2)30(28-16)18-8-4-3-5-9-18)14-29-13-11-21-20(15-29)24(31)27-23(26-21)22-10-6-7-12-25-22/h3-5,8-9H,6-7,10-15H2,1-2H3,(H,26,27,31). The summed E-state index contributed by atoms with van der Waals surface area (Å²) in [6, 6.07) is 10.2. The number of benzene rings is 1. The van der Waals surface area contributed by atoms with Crippen molar-refractivity contribution in [2.75, 3.05) is 13.1 Å². The molecule has 0 radical (unpaired) electrons. The van der Waals surface area contributed by atoms with Gasteiger partial charge >= 0.3 is 0 Å². The summed E-state index contributed by atoms with van der Waals surface area (Å²) in [5.74, 6) is 0.674. The van der Waals surface area contributed by atoms with Gasteiger partial charge in [-0.2, -0.15) is 5.10 Å². The smallest absolute Gasteiger partial charge is 0.255 e. The highest BCUT2D eigenvalue weighted by Gasteiger charge is 2.24. The fourth-order valence-electron chi connectivity index (χ4n) is 4.59. The summed E-state index contributed by atoms with van der Waals surface area (Å²) in [5, 5.41) is 4.77. The Bertz CT molecular complexity index is 1190. The lowest BCUT2D eigenvalue weighted by atomic mass is 10.0. The molecule has 4 heterocycles. The first-order chi connectivity index (χ1) is 15.1. The van der Waals surface area contributed by atoms with E-state index in [4.69, 9.17) is 10.1 Å². The number of rotatable bonds is 4. The maximum absolute atomic E-state index is 12.9. The van der Waals surface area contributed by atoms with Crippen molar-refractivity contribution in [2.45, 2.75) is 52.6 Å². The summed E-state index contributed by atoms with van der Waals surface area (Å²) in [4.78, 5) is 27.5. The average molecular weight is 417 g/mol. The lowest BCUT2D eigenvalue weighted by molar-refractivity contribution is 0.240. The Morgan fingerprint density at radius 1 is 1.10 bits per heavy atom. The molecule has 0 atom stereocenters. The van der Waals surface area contributed by atoms with Crippen LogP contribution in [0.25, 0.3) is 5.69 Å². The number of aromatic amines is 1. The molecule has 7 nitrogen and oxygen atoms in total. The van der Waals surface area contributed by atoms with Gasteiger partial charge in [0, 0.05) is 43.9 Å². The molecule has 160 valence electrons. The molecule has 0 unspecified atom stereocenters. The third-order valence-electron chi connectivity index (χ3n) is 6.37. The van der Waals surface area contributed by atoms with Crippen molar-refractivity contribution in [1.29, 1.82) is 0 Å². The van der Waals surface area contributed by atoms with Crippen LogP contribution in [0.2, 0.25) is 0 Å². The summed E-state index contributed by atoms with van der Waals surface area (Å²) in [7, 11) is 0. The topological polar surface area (TPSA) is 79.2 Å². The molecule has 0 spiro atoms. The van der Waals surface area contributed by atoms with E-state index in [1.54, 1.807) is 0 Å². The first-order valence-electron chi connectivity index (χ1n) is 11.1. The molecule has 0 amide bonds. The summed E-state index contributed by atoms with van der Waals surface area (Å²) < 4.78 is 2.01. The molecule has 31 heavy (non-hydrogen) atoms. The average Bonchev–Trinajstić information content (AvgIpc) is 3.09. The van der Waals surface area contributed by atoms with Crippen molar-refractivity contribution < 1.29 is 0 Å². The molecule has 0 saturated carbocycles. The Kier molecular flexibility index (Phi) is 5.28. The molecule has 2 aliphatic heterocycles. The number of hydrogen-bond donors (Lipinski definition) is 1. The van der Waals surface area contributed by atoms with Crippen molar-refractivity contribution in [2.24, 2.45) is 4.99 Å². The van der Waals surface area contributed by atoms with Crippen LogP contribution in [0.3, 0.4) is 0 Å². The lowest BCUT2D eigenvalue weighted by Gasteiger charge is -2.28. The van der Waals surface area contributed by atoms with Crippen LogP contribution in [0, 0.1) is 13.8 Å². The van der Waals surface area contributed by atoms with E-state index in [9.17, 15) is 4.79 Å². The molecular weight excluding hydrogens is 388 g/mol. The normalized spacial score (nSPS) is 16.8. The molecule has 1 aromatic carbocycles. The van der Waals surface area contributed by atoms with Gasteiger partial charge in [0.1, 0.15) is 0 Å². The third-order valence-corrected chi connectivity index (χ3v) is 6.37. The Morgan fingerprint density at radius 2 is 1.94 bits per heavy atom. The van der Waals surface area contributed by atoms with E-state index in [1.807, 2.05) is 22.9 Å². The predicted molar refractivity (Wildman–Crippen MR) is 121 cm³/mol. The van der Waals surface area contributed by atoms with Gasteiger partial charge in [-0.3, -0.25) is 14.7 Å². The molecule has 0 bridgehead atoms. The number of nitrogens with zero attached hydrogens (tertiary/aromatic N) is 5. The molecule has 0 saturated heterocycles. The first-order valence-corrected chi connectivity index (χ1v) is 11.1. The van der Waals surface area contributed by atoms with Crippen molar-refractivity contribution in [3.05, 3.63) is 74.7 Å². The van der Waals surface area contributed by atoms with Crippen molar-refractivity contribution in [3.8, 4) is 5.69 Å². The third kappa shape index (κ3) is 3.85. The van der Waals surface area contributed by atoms with Gasteiger partial charge in [0.2, 0.25) is 0 Å². The summed E-state index contributed by atoms with van der Waals surface area (Å²) in [6.07, 6.45) is 3.92. The number of aliphatic imine (C=N–C) groups is 1. The number of aryl methyl sites for hydroxylation is 1. The number of H-pyrrole nitrogens is 1. The predicted octanol–water partition coefficient (Wildman–Crippen LogP) is 3.10. The van der Waals surface area contributed by atoms with Crippen molar-refractivity contribution >= 4 is 5.71 Å². The van der Waals surface area contributed by atoms with E-state index in [2.05, 4.69) is 40.9 Å². The fraction of sp³-hybridized carbons (Fsp3) is 0.417. The Hall–Kier alpha value is -3.06. The number of hydrogen-bond acceptors (Lipinski definition) is 5.